The van der Waals surface area contributed by atoms with Gasteiger partial charge >= 0.3 is 0 Å². The summed E-state index contributed by atoms with van der Waals surface area (Å²) in [7, 11) is 0. The first kappa shape index (κ1) is 15.0. The number of amides is 1. The summed E-state index contributed by atoms with van der Waals surface area (Å²) in [4.78, 5) is 26.7. The number of Topliss-reactive ketones (excluding diaryl/α,β-unsaturated/α-hetero) is 1. The van der Waals surface area contributed by atoms with Crippen LogP contribution in [0.3, 0.4) is 0 Å². The zero-order chi connectivity index (χ0) is 15.9. The van der Waals surface area contributed by atoms with Gasteiger partial charge in [-0.15, -0.1) is 0 Å². The number of nitrogens with zero attached hydrogens (tertiary/aromatic N) is 1. The Hall–Kier alpha value is -1.94. The van der Waals surface area contributed by atoms with Gasteiger partial charge in [0.2, 0.25) is 0 Å². The van der Waals surface area contributed by atoms with E-state index in [2.05, 4.69) is 15.9 Å². The zero-order valence-corrected chi connectivity index (χ0v) is 14.0. The number of alkyl halides is 1. The molecule has 3 nitrogen and oxygen atoms in total. The lowest BCUT2D eigenvalue weighted by Crippen LogP contribution is -2.50. The largest absolute Gasteiger partial charge is 0.303 e. The van der Waals surface area contributed by atoms with E-state index in [1.807, 2.05) is 50.2 Å². The van der Waals surface area contributed by atoms with Gasteiger partial charge in [0.25, 0.3) is 5.91 Å². The third-order valence-corrected chi connectivity index (χ3v) is 5.18. The summed E-state index contributed by atoms with van der Waals surface area (Å²) in [6, 6.07) is 14.6. The molecule has 1 unspecified atom stereocenters. The maximum atomic E-state index is 12.9. The molecule has 2 atom stereocenters. The van der Waals surface area contributed by atoms with Crippen molar-refractivity contribution in [3.8, 4) is 0 Å². The Labute approximate surface area is 138 Å². The Morgan fingerprint density at radius 1 is 1.14 bits per heavy atom. The van der Waals surface area contributed by atoms with Crippen LogP contribution in [0, 0.1) is 6.92 Å². The molecule has 2 aromatic carbocycles. The topological polar surface area (TPSA) is 37.4 Å². The molecule has 4 heteroatoms. The lowest BCUT2D eigenvalue weighted by Gasteiger charge is -2.37. The maximum absolute atomic E-state index is 12.9. The number of benzene rings is 2. The van der Waals surface area contributed by atoms with Crippen molar-refractivity contribution in [1.29, 1.82) is 0 Å². The molecule has 3 rings (SSSR count). The number of anilines is 1. The summed E-state index contributed by atoms with van der Waals surface area (Å²) in [5, 5.41) is 0. The first-order valence-electron chi connectivity index (χ1n) is 7.18. The van der Waals surface area contributed by atoms with Gasteiger partial charge in [-0.25, -0.2) is 0 Å². The van der Waals surface area contributed by atoms with Crippen LogP contribution >= 0.6 is 15.9 Å². The summed E-state index contributed by atoms with van der Waals surface area (Å²) in [5.74, 6) is -0.0570. The van der Waals surface area contributed by atoms with Crippen LogP contribution in [0.15, 0.2) is 48.5 Å². The number of carbonyl (C=O) groups excluding carboxylic acids is 2. The molecule has 112 valence electrons. The Kier molecular flexibility index (Phi) is 3.87. The molecule has 0 aromatic heterocycles. The maximum Gasteiger partial charge on any atom is 0.258 e. The molecule has 0 bridgehead atoms. The Morgan fingerprint density at radius 2 is 1.82 bits per heavy atom. The van der Waals surface area contributed by atoms with E-state index < -0.39 is 4.83 Å². The standard InChI is InChI=1S/C18H16BrNO2/c1-11-8-9-15-14(10-11)17(21)16(19)12(2)20(15)18(22)13-6-4-3-5-7-13/h3-10,12,16H,1-2H3/t12?,16-/m1/s1. The molecule has 0 spiro atoms. The number of hydrogen-bond donors (Lipinski definition) is 0. The normalized spacial score (nSPS) is 20.7. The van der Waals surface area contributed by atoms with Crippen LogP contribution in [-0.4, -0.2) is 22.6 Å². The van der Waals surface area contributed by atoms with Gasteiger partial charge in [0, 0.05) is 11.1 Å². The SMILES string of the molecule is Cc1ccc2c(c1)C(=O)[C@H](Br)C(C)N2C(=O)c1ccccc1. The van der Waals surface area contributed by atoms with E-state index in [-0.39, 0.29) is 17.7 Å². The molecule has 1 aliphatic heterocycles. The average Bonchev–Trinajstić information content (AvgIpc) is 2.54. The highest BCUT2D eigenvalue weighted by Crippen LogP contribution is 2.35. The fourth-order valence-corrected chi connectivity index (χ4v) is 3.27. The minimum absolute atomic E-state index is 0.0308. The predicted molar refractivity (Wildman–Crippen MR) is 90.9 cm³/mol. The van der Waals surface area contributed by atoms with Gasteiger partial charge in [0.1, 0.15) is 0 Å². The monoisotopic (exact) mass is 357 g/mol. The van der Waals surface area contributed by atoms with E-state index in [1.165, 1.54) is 0 Å². The molecular weight excluding hydrogens is 342 g/mol. The van der Waals surface area contributed by atoms with Crippen molar-refractivity contribution in [2.45, 2.75) is 24.7 Å². The highest BCUT2D eigenvalue weighted by molar-refractivity contribution is 9.10. The highest BCUT2D eigenvalue weighted by atomic mass is 79.9. The number of halogens is 1. The van der Waals surface area contributed by atoms with E-state index in [0.29, 0.717) is 16.8 Å². The van der Waals surface area contributed by atoms with Crippen molar-refractivity contribution in [2.75, 3.05) is 4.90 Å². The van der Waals surface area contributed by atoms with Gasteiger partial charge in [0.05, 0.1) is 16.6 Å². The number of carbonyl (C=O) groups is 2. The number of ketones is 1. The molecule has 0 fully saturated rings. The second-order valence-corrected chi connectivity index (χ2v) is 6.55. The highest BCUT2D eigenvalue weighted by Gasteiger charge is 2.39. The number of aryl methyl sites for hydroxylation is 1. The van der Waals surface area contributed by atoms with Gasteiger partial charge in [-0.2, -0.15) is 0 Å². The van der Waals surface area contributed by atoms with Crippen molar-refractivity contribution >= 4 is 33.3 Å². The molecule has 1 aliphatic rings. The molecule has 22 heavy (non-hydrogen) atoms. The molecule has 0 aliphatic carbocycles. The second kappa shape index (κ2) is 5.69. The van der Waals surface area contributed by atoms with Gasteiger partial charge in [-0.1, -0.05) is 45.8 Å². The van der Waals surface area contributed by atoms with Crippen LogP contribution in [0.25, 0.3) is 0 Å². The van der Waals surface area contributed by atoms with E-state index in [0.717, 1.165) is 5.56 Å². The number of rotatable bonds is 1. The van der Waals surface area contributed by atoms with Gasteiger partial charge in [-0.05, 0) is 38.1 Å². The van der Waals surface area contributed by atoms with Crippen LogP contribution in [0.1, 0.15) is 33.2 Å². The van der Waals surface area contributed by atoms with Crippen LogP contribution in [0.5, 0.6) is 0 Å². The Morgan fingerprint density at radius 3 is 2.50 bits per heavy atom. The first-order chi connectivity index (χ1) is 10.5. The van der Waals surface area contributed by atoms with Crippen LogP contribution in [0.2, 0.25) is 0 Å². The third kappa shape index (κ3) is 2.37. The van der Waals surface area contributed by atoms with Crippen molar-refractivity contribution in [1.82, 2.24) is 0 Å². The molecule has 0 N–H and O–H groups in total. The second-order valence-electron chi connectivity index (χ2n) is 5.57. The van der Waals surface area contributed by atoms with E-state index in [9.17, 15) is 9.59 Å². The van der Waals surface area contributed by atoms with Crippen LogP contribution in [0.4, 0.5) is 5.69 Å². The van der Waals surface area contributed by atoms with Crippen molar-refractivity contribution < 1.29 is 9.59 Å². The number of fused-ring (bicyclic) bond motifs is 1. The Bertz CT molecular complexity index is 742. The van der Waals surface area contributed by atoms with Gasteiger partial charge in [0.15, 0.2) is 5.78 Å². The summed E-state index contributed by atoms with van der Waals surface area (Å²) in [6.07, 6.45) is 0. The van der Waals surface area contributed by atoms with Gasteiger partial charge < -0.3 is 4.90 Å². The van der Waals surface area contributed by atoms with Gasteiger partial charge in [-0.3, -0.25) is 9.59 Å². The number of hydrogen-bond acceptors (Lipinski definition) is 2. The van der Waals surface area contributed by atoms with Crippen molar-refractivity contribution in [3.05, 3.63) is 65.2 Å². The van der Waals surface area contributed by atoms with E-state index >= 15 is 0 Å². The van der Waals surface area contributed by atoms with Crippen molar-refractivity contribution in [2.24, 2.45) is 0 Å². The smallest absolute Gasteiger partial charge is 0.258 e. The van der Waals surface area contributed by atoms with Crippen LogP contribution < -0.4 is 4.90 Å². The Balaban J connectivity index is 2.13. The minimum atomic E-state index is -0.394. The van der Waals surface area contributed by atoms with E-state index in [1.54, 1.807) is 17.0 Å². The summed E-state index contributed by atoms with van der Waals surface area (Å²) in [6.45, 7) is 3.83. The lowest BCUT2D eigenvalue weighted by molar-refractivity contribution is 0.0944. The van der Waals surface area contributed by atoms with Crippen LogP contribution in [-0.2, 0) is 0 Å². The molecule has 0 saturated heterocycles. The first-order valence-corrected chi connectivity index (χ1v) is 8.10. The summed E-state index contributed by atoms with van der Waals surface area (Å²) < 4.78 is 0. The molecule has 0 saturated carbocycles. The fourth-order valence-electron chi connectivity index (χ4n) is 2.79. The van der Waals surface area contributed by atoms with E-state index in [4.69, 9.17) is 0 Å². The molecule has 0 radical (unpaired) electrons. The molecular formula is C18H16BrNO2. The summed E-state index contributed by atoms with van der Waals surface area (Å²) in [5.41, 5.74) is 2.92. The lowest BCUT2D eigenvalue weighted by atomic mass is 9.93. The predicted octanol–water partition coefficient (Wildman–Crippen LogP) is 3.99. The summed E-state index contributed by atoms with van der Waals surface area (Å²) >= 11 is 3.45. The van der Waals surface area contributed by atoms with Crippen molar-refractivity contribution in [3.63, 3.8) is 0 Å². The fraction of sp³-hybridized carbons (Fsp3) is 0.222. The quantitative estimate of drug-likeness (QED) is 0.723. The molecule has 1 amide bonds. The zero-order valence-electron chi connectivity index (χ0n) is 12.4. The third-order valence-electron chi connectivity index (χ3n) is 4.00. The average molecular weight is 358 g/mol. The molecule has 2 aromatic rings. The minimum Gasteiger partial charge on any atom is -0.303 e. The molecule has 1 heterocycles.